The molecule has 222 valence electrons. The number of aromatic nitrogens is 7. The monoisotopic (exact) mass is 583 g/mol. The summed E-state index contributed by atoms with van der Waals surface area (Å²) in [5.74, 6) is 1.06. The van der Waals surface area contributed by atoms with Crippen LogP contribution in [0.2, 0.25) is 0 Å². The number of nitrogens with one attached hydrogen (secondary N) is 1. The zero-order valence-electron chi connectivity index (χ0n) is 23.9. The number of pyridine rings is 2. The van der Waals surface area contributed by atoms with E-state index in [2.05, 4.69) is 38.1 Å². The van der Waals surface area contributed by atoms with E-state index in [0.29, 0.717) is 43.6 Å². The summed E-state index contributed by atoms with van der Waals surface area (Å²) in [6.07, 6.45) is 9.65. The normalized spacial score (nSPS) is 17.0. The Morgan fingerprint density at radius 1 is 1.14 bits per heavy atom. The van der Waals surface area contributed by atoms with E-state index < -0.39 is 6.09 Å². The molecule has 2 fully saturated rings. The molecule has 13 nitrogen and oxygen atoms in total. The Labute approximate surface area is 247 Å². The predicted octanol–water partition coefficient (Wildman–Crippen LogP) is 3.61. The zero-order chi connectivity index (χ0) is 29.5. The van der Waals surface area contributed by atoms with Crippen molar-refractivity contribution in [2.45, 2.75) is 51.7 Å². The quantitative estimate of drug-likeness (QED) is 0.268. The van der Waals surface area contributed by atoms with Gasteiger partial charge in [-0.15, -0.1) is 10.2 Å². The molecular formula is C30H33N9O4. The molecule has 1 saturated carbocycles. The number of piperidine rings is 1. The molecule has 2 aliphatic rings. The minimum atomic E-state index is -1.07. The largest absolute Gasteiger partial charge is 0.474 e. The van der Waals surface area contributed by atoms with Crippen LogP contribution in [0, 0.1) is 12.8 Å². The van der Waals surface area contributed by atoms with Crippen LogP contribution in [0.1, 0.15) is 41.6 Å². The molecule has 43 heavy (non-hydrogen) atoms. The van der Waals surface area contributed by atoms with E-state index >= 15 is 0 Å². The second-order valence-electron chi connectivity index (χ2n) is 11.4. The first kappa shape index (κ1) is 26.9. The lowest BCUT2D eigenvalue weighted by Gasteiger charge is -2.32. The van der Waals surface area contributed by atoms with Crippen molar-refractivity contribution in [1.29, 1.82) is 0 Å². The number of aryl methyl sites for hydroxylation is 1. The van der Waals surface area contributed by atoms with Gasteiger partial charge in [0.05, 0.1) is 23.3 Å². The molecule has 2 amide bonds. The van der Waals surface area contributed by atoms with Gasteiger partial charge in [0.25, 0.3) is 5.91 Å². The Bertz CT molecular complexity index is 1810. The Morgan fingerprint density at radius 3 is 2.77 bits per heavy atom. The van der Waals surface area contributed by atoms with Gasteiger partial charge in [0, 0.05) is 49.0 Å². The van der Waals surface area contributed by atoms with Crippen molar-refractivity contribution in [2.75, 3.05) is 19.7 Å². The molecule has 0 spiro atoms. The van der Waals surface area contributed by atoms with Gasteiger partial charge in [-0.25, -0.2) is 14.3 Å². The Balaban J connectivity index is 1.21. The third-order valence-corrected chi connectivity index (χ3v) is 8.37. The number of ether oxygens (including phenoxy) is 1. The van der Waals surface area contributed by atoms with Crippen LogP contribution in [-0.4, -0.2) is 81.7 Å². The van der Waals surface area contributed by atoms with Gasteiger partial charge < -0.3 is 29.2 Å². The topological polar surface area (TPSA) is 145 Å². The van der Waals surface area contributed by atoms with Gasteiger partial charge in [-0.3, -0.25) is 4.79 Å². The Morgan fingerprint density at radius 2 is 1.98 bits per heavy atom. The predicted molar refractivity (Wildman–Crippen MR) is 157 cm³/mol. The van der Waals surface area contributed by atoms with Crippen LogP contribution in [-0.2, 0) is 13.1 Å². The van der Waals surface area contributed by atoms with E-state index in [4.69, 9.17) is 14.9 Å². The van der Waals surface area contributed by atoms with Crippen molar-refractivity contribution in [3.05, 3.63) is 60.4 Å². The molecule has 5 aromatic rings. The van der Waals surface area contributed by atoms with E-state index in [9.17, 15) is 9.59 Å². The molecule has 1 aliphatic carbocycles. The molecular weight excluding hydrogens is 550 g/mol. The number of carbonyl (C=O) groups excluding carboxylic acids is 1. The highest BCUT2D eigenvalue weighted by molar-refractivity contribution is 5.95. The number of fused-ring (bicyclic) bond motifs is 2. The van der Waals surface area contributed by atoms with Gasteiger partial charge in [-0.05, 0) is 62.8 Å². The minimum absolute atomic E-state index is 0.129. The smallest absolute Gasteiger partial charge is 0.404 e. The molecule has 7 rings (SSSR count). The number of amides is 2. The SMILES string of the molecule is Cc1c(-c2cc3ccnc(OCCn4cnnc4)c3n2CC2CC2)nn2cc(C(=O)N3CCC[C@@H](NC(=O)O)C3)ccc12. The molecule has 6 heterocycles. The van der Waals surface area contributed by atoms with Crippen LogP contribution >= 0.6 is 0 Å². The number of hydrogen-bond acceptors (Lipinski definition) is 7. The van der Waals surface area contributed by atoms with E-state index in [1.54, 1.807) is 34.5 Å². The summed E-state index contributed by atoms with van der Waals surface area (Å²) in [5, 5.41) is 25.4. The molecule has 0 radical (unpaired) electrons. The van der Waals surface area contributed by atoms with Gasteiger partial charge in [0.2, 0.25) is 5.88 Å². The average molecular weight is 584 g/mol. The van der Waals surface area contributed by atoms with Gasteiger partial charge in [0.15, 0.2) is 0 Å². The van der Waals surface area contributed by atoms with Gasteiger partial charge in [-0.2, -0.15) is 5.10 Å². The fraction of sp³-hybridized carbons (Fsp3) is 0.400. The van der Waals surface area contributed by atoms with Gasteiger partial charge in [-0.1, -0.05) is 0 Å². The number of hydrogen-bond donors (Lipinski definition) is 2. The third-order valence-electron chi connectivity index (χ3n) is 8.37. The van der Waals surface area contributed by atoms with Crippen LogP contribution in [0.5, 0.6) is 5.88 Å². The van der Waals surface area contributed by atoms with Crippen molar-refractivity contribution in [3.8, 4) is 17.3 Å². The summed E-state index contributed by atoms with van der Waals surface area (Å²) >= 11 is 0. The Kier molecular flexibility index (Phi) is 6.92. The van der Waals surface area contributed by atoms with E-state index in [1.165, 1.54) is 12.8 Å². The van der Waals surface area contributed by atoms with Crippen molar-refractivity contribution in [1.82, 2.24) is 44.1 Å². The summed E-state index contributed by atoms with van der Waals surface area (Å²) in [7, 11) is 0. The summed E-state index contributed by atoms with van der Waals surface area (Å²) in [4.78, 5) is 30.8. The lowest BCUT2D eigenvalue weighted by atomic mass is 10.0. The van der Waals surface area contributed by atoms with E-state index in [-0.39, 0.29) is 11.9 Å². The summed E-state index contributed by atoms with van der Waals surface area (Å²) < 4.78 is 12.1. The molecule has 5 aromatic heterocycles. The fourth-order valence-corrected chi connectivity index (χ4v) is 6.00. The lowest BCUT2D eigenvalue weighted by molar-refractivity contribution is 0.0691. The molecule has 0 aromatic carbocycles. The maximum atomic E-state index is 13.4. The highest BCUT2D eigenvalue weighted by Crippen LogP contribution is 2.39. The van der Waals surface area contributed by atoms with Crippen molar-refractivity contribution in [3.63, 3.8) is 0 Å². The molecule has 1 atom stereocenters. The molecule has 1 saturated heterocycles. The molecule has 1 aliphatic heterocycles. The number of likely N-dealkylation sites (tertiary alicyclic amines) is 1. The van der Waals surface area contributed by atoms with Crippen LogP contribution in [0.25, 0.3) is 27.8 Å². The highest BCUT2D eigenvalue weighted by atomic mass is 16.5. The zero-order valence-corrected chi connectivity index (χ0v) is 23.9. The molecule has 0 unspecified atom stereocenters. The average Bonchev–Trinajstić information content (AvgIpc) is 3.37. The molecule has 2 N–H and O–H groups in total. The maximum Gasteiger partial charge on any atom is 0.404 e. The third kappa shape index (κ3) is 5.38. The summed E-state index contributed by atoms with van der Waals surface area (Å²) in [6, 6.07) is 7.65. The second kappa shape index (κ2) is 11.0. The summed E-state index contributed by atoms with van der Waals surface area (Å²) in [6.45, 7) is 4.90. The fourth-order valence-electron chi connectivity index (χ4n) is 6.00. The van der Waals surface area contributed by atoms with Crippen molar-refractivity contribution >= 4 is 28.4 Å². The Hall–Kier alpha value is -4.94. The first-order valence-electron chi connectivity index (χ1n) is 14.7. The highest BCUT2D eigenvalue weighted by Gasteiger charge is 2.28. The van der Waals surface area contributed by atoms with Crippen LogP contribution < -0.4 is 10.1 Å². The van der Waals surface area contributed by atoms with Crippen LogP contribution in [0.4, 0.5) is 4.79 Å². The minimum Gasteiger partial charge on any atom is -0.474 e. The van der Waals surface area contributed by atoms with E-state index in [1.807, 2.05) is 22.8 Å². The van der Waals surface area contributed by atoms with Crippen molar-refractivity contribution in [2.24, 2.45) is 5.92 Å². The molecule has 13 heteroatoms. The second-order valence-corrected chi connectivity index (χ2v) is 11.4. The number of carbonyl (C=O) groups is 2. The summed E-state index contributed by atoms with van der Waals surface area (Å²) in [5.41, 5.74) is 5.25. The lowest BCUT2D eigenvalue weighted by Crippen LogP contribution is -2.49. The van der Waals surface area contributed by atoms with Crippen LogP contribution in [0.15, 0.2) is 49.3 Å². The first-order valence-corrected chi connectivity index (χ1v) is 14.7. The van der Waals surface area contributed by atoms with E-state index in [0.717, 1.165) is 52.8 Å². The molecule has 0 bridgehead atoms. The first-order chi connectivity index (χ1) is 20.9. The van der Waals surface area contributed by atoms with Gasteiger partial charge >= 0.3 is 6.09 Å². The van der Waals surface area contributed by atoms with Gasteiger partial charge in [0.1, 0.15) is 30.5 Å². The van der Waals surface area contributed by atoms with Crippen molar-refractivity contribution < 1.29 is 19.4 Å². The number of nitrogens with zero attached hydrogens (tertiary/aromatic N) is 8. The van der Waals surface area contributed by atoms with Crippen LogP contribution in [0.3, 0.4) is 0 Å². The maximum absolute atomic E-state index is 13.4. The standard InChI is InChI=1S/C30H33N9O4/c1-19-24-7-6-22(29(40)37-10-2-3-23(16-37)34-30(41)42)15-39(24)35-26(19)25-13-21-8-9-31-28(27(21)38(25)14-20-4-5-20)43-12-11-36-17-32-33-18-36/h6-9,13,15,17-18,20,23,34H,2-5,10-12,14,16H2,1H3,(H,41,42)/t23-/m1/s1. The number of rotatable bonds is 9. The number of carboxylic acid groups (broad SMARTS) is 1.